The fourth-order valence-corrected chi connectivity index (χ4v) is 3.68. The maximum atomic E-state index is 5.92. The Kier molecular flexibility index (Phi) is 15.8. The number of nitrogens with two attached hydrogens (primary N) is 1. The van der Waals surface area contributed by atoms with Crippen LogP contribution in [0.3, 0.4) is 0 Å². The van der Waals surface area contributed by atoms with Crippen LogP contribution < -0.4 is 11.1 Å². The molecule has 1 aliphatic heterocycles. The molecule has 2 rings (SSSR count). The number of rotatable bonds is 19. The van der Waals surface area contributed by atoms with Gasteiger partial charge in [0, 0.05) is 50.9 Å². The molecule has 3 N–H and O–H groups in total. The molecule has 0 unspecified atom stereocenters. The van der Waals surface area contributed by atoms with Crippen molar-refractivity contribution in [2.45, 2.75) is 12.8 Å². The predicted octanol–water partition coefficient (Wildman–Crippen LogP) is 2.43. The van der Waals surface area contributed by atoms with Crippen LogP contribution >= 0.6 is 11.6 Å². The molecule has 1 saturated heterocycles. The summed E-state index contributed by atoms with van der Waals surface area (Å²) in [5.41, 5.74) is 7.50. The van der Waals surface area contributed by atoms with Gasteiger partial charge >= 0.3 is 0 Å². The zero-order valence-corrected chi connectivity index (χ0v) is 21.1. The van der Waals surface area contributed by atoms with Crippen molar-refractivity contribution in [3.63, 3.8) is 0 Å². The third kappa shape index (κ3) is 13.4. The number of benzene rings is 1. The summed E-state index contributed by atoms with van der Waals surface area (Å²) in [7, 11) is 0. The largest absolute Gasteiger partial charge is 0.397 e. The molecule has 0 atom stereocenters. The lowest BCUT2D eigenvalue weighted by atomic mass is 10.2. The lowest BCUT2D eigenvalue weighted by Crippen LogP contribution is -2.47. The van der Waals surface area contributed by atoms with Crippen LogP contribution in [0.1, 0.15) is 12.8 Å². The quantitative estimate of drug-likeness (QED) is 0.172. The number of hydrogen-bond donors (Lipinski definition) is 2. The summed E-state index contributed by atoms with van der Waals surface area (Å²) >= 11 is 5.90. The van der Waals surface area contributed by atoms with Crippen molar-refractivity contribution in [3.05, 3.63) is 23.2 Å². The first-order chi connectivity index (χ1) is 16.7. The van der Waals surface area contributed by atoms with Gasteiger partial charge in [-0.2, -0.15) is 0 Å². The first-order valence-corrected chi connectivity index (χ1v) is 12.5. The molecular formula is C25H41ClN4O4. The van der Waals surface area contributed by atoms with Gasteiger partial charge in [0.1, 0.15) is 0 Å². The maximum absolute atomic E-state index is 5.92. The summed E-state index contributed by atoms with van der Waals surface area (Å²) in [6, 6.07) is 5.48. The molecule has 1 heterocycles. The monoisotopic (exact) mass is 496 g/mol. The minimum atomic E-state index is 0.567. The number of unbranched alkanes of at least 4 members (excludes halogenated alkanes) is 1. The highest BCUT2D eigenvalue weighted by Gasteiger charge is 2.15. The van der Waals surface area contributed by atoms with Crippen LogP contribution in [-0.2, 0) is 18.9 Å². The van der Waals surface area contributed by atoms with Crippen molar-refractivity contribution in [1.82, 2.24) is 9.80 Å². The van der Waals surface area contributed by atoms with Crippen molar-refractivity contribution in [2.24, 2.45) is 0 Å². The number of nitrogens with zero attached hydrogens (tertiary/aromatic N) is 2. The zero-order valence-electron chi connectivity index (χ0n) is 20.3. The second kappa shape index (κ2) is 18.7. The number of ether oxygens (including phenoxy) is 4. The maximum Gasteiger partial charge on any atom is 0.0701 e. The number of nitrogen functional groups attached to an aromatic ring is 1. The first-order valence-electron chi connectivity index (χ1n) is 12.2. The van der Waals surface area contributed by atoms with E-state index in [0.717, 1.165) is 77.6 Å². The summed E-state index contributed by atoms with van der Waals surface area (Å²) in [5.74, 6) is 2.71. The van der Waals surface area contributed by atoms with Gasteiger partial charge < -0.3 is 30.0 Å². The average Bonchev–Trinajstić information content (AvgIpc) is 2.83. The van der Waals surface area contributed by atoms with Crippen LogP contribution in [0.15, 0.2) is 18.2 Å². The first kappa shape index (κ1) is 28.7. The Morgan fingerprint density at radius 2 is 1.44 bits per heavy atom. The fourth-order valence-electron chi connectivity index (χ4n) is 3.50. The third-order valence-corrected chi connectivity index (χ3v) is 5.73. The van der Waals surface area contributed by atoms with E-state index < -0.39 is 0 Å². The smallest absolute Gasteiger partial charge is 0.0701 e. The molecule has 9 heteroatoms. The molecule has 0 bridgehead atoms. The van der Waals surface area contributed by atoms with Gasteiger partial charge in [0.15, 0.2) is 0 Å². The van der Waals surface area contributed by atoms with Gasteiger partial charge in [-0.1, -0.05) is 17.5 Å². The standard InChI is InChI=1S/C25H41ClN4O4/c1-2-8-29-9-11-30(12-10-29)13-15-32-17-19-34-21-20-33-18-16-31-14-4-3-7-28-25-6-5-23(26)22-24(25)27/h1,5-6,22,28H,3-4,7-21,27H2. The Morgan fingerprint density at radius 1 is 0.853 bits per heavy atom. The van der Waals surface area contributed by atoms with E-state index in [2.05, 4.69) is 21.0 Å². The molecule has 1 aromatic rings. The molecule has 0 radical (unpaired) electrons. The van der Waals surface area contributed by atoms with E-state index in [1.54, 1.807) is 6.07 Å². The van der Waals surface area contributed by atoms with E-state index in [1.165, 1.54) is 0 Å². The van der Waals surface area contributed by atoms with Crippen LogP contribution in [0.5, 0.6) is 0 Å². The number of piperazine rings is 1. The minimum Gasteiger partial charge on any atom is -0.397 e. The molecular weight excluding hydrogens is 456 g/mol. The Bertz CT molecular complexity index is 696. The Morgan fingerprint density at radius 3 is 2.06 bits per heavy atom. The molecule has 0 spiro atoms. The predicted molar refractivity (Wildman–Crippen MR) is 139 cm³/mol. The molecule has 1 aliphatic rings. The number of hydrogen-bond acceptors (Lipinski definition) is 8. The molecule has 1 aromatic carbocycles. The number of nitrogens with one attached hydrogen (secondary N) is 1. The highest BCUT2D eigenvalue weighted by atomic mass is 35.5. The van der Waals surface area contributed by atoms with Gasteiger partial charge in [-0.25, -0.2) is 0 Å². The number of halogens is 1. The SMILES string of the molecule is C#CCN1CCN(CCOCCOCCOCCOCCCCNc2ccc(Cl)cc2N)CC1. The van der Waals surface area contributed by atoms with Crippen LogP contribution in [0.4, 0.5) is 11.4 Å². The molecule has 0 aliphatic carbocycles. The van der Waals surface area contributed by atoms with Crippen molar-refractivity contribution in [3.8, 4) is 12.3 Å². The molecule has 0 amide bonds. The lowest BCUT2D eigenvalue weighted by Gasteiger charge is -2.33. The summed E-state index contributed by atoms with van der Waals surface area (Å²) in [6.45, 7) is 11.7. The van der Waals surface area contributed by atoms with Gasteiger partial charge in [0.25, 0.3) is 0 Å². The third-order valence-electron chi connectivity index (χ3n) is 5.49. The highest BCUT2D eigenvalue weighted by Crippen LogP contribution is 2.22. The van der Waals surface area contributed by atoms with Crippen molar-refractivity contribution in [2.75, 3.05) is 110 Å². The Balaban J connectivity index is 1.26. The van der Waals surface area contributed by atoms with Crippen molar-refractivity contribution < 1.29 is 18.9 Å². The van der Waals surface area contributed by atoms with E-state index in [9.17, 15) is 0 Å². The zero-order chi connectivity index (χ0) is 24.3. The minimum absolute atomic E-state index is 0.567. The topological polar surface area (TPSA) is 81.5 Å². The van der Waals surface area contributed by atoms with Crippen molar-refractivity contribution >= 4 is 23.0 Å². The number of terminal acetylenes is 1. The molecule has 0 saturated carbocycles. The summed E-state index contributed by atoms with van der Waals surface area (Å²) in [5, 5.41) is 3.96. The summed E-state index contributed by atoms with van der Waals surface area (Å²) in [6.07, 6.45) is 7.34. The lowest BCUT2D eigenvalue weighted by molar-refractivity contribution is -0.00523. The van der Waals surface area contributed by atoms with Crippen molar-refractivity contribution in [1.29, 1.82) is 0 Å². The highest BCUT2D eigenvalue weighted by molar-refractivity contribution is 6.31. The molecule has 8 nitrogen and oxygen atoms in total. The molecule has 0 aromatic heterocycles. The average molecular weight is 497 g/mol. The molecule has 1 fully saturated rings. The van der Waals surface area contributed by atoms with Gasteiger partial charge in [-0.15, -0.1) is 6.42 Å². The Hall–Kier alpha value is -1.57. The second-order valence-corrected chi connectivity index (χ2v) is 8.57. The van der Waals surface area contributed by atoms with Crippen LogP contribution in [0, 0.1) is 12.3 Å². The molecule has 192 valence electrons. The van der Waals surface area contributed by atoms with Crippen LogP contribution in [0.25, 0.3) is 0 Å². The fraction of sp³-hybridized carbons (Fsp3) is 0.680. The van der Waals surface area contributed by atoms with Gasteiger partial charge in [0.05, 0.1) is 64.2 Å². The summed E-state index contributed by atoms with van der Waals surface area (Å²) < 4.78 is 22.3. The van der Waals surface area contributed by atoms with Crippen LogP contribution in [-0.4, -0.2) is 108 Å². The Labute approximate surface area is 210 Å². The summed E-state index contributed by atoms with van der Waals surface area (Å²) in [4.78, 5) is 4.72. The van der Waals surface area contributed by atoms with Crippen LogP contribution in [0.2, 0.25) is 5.02 Å². The number of anilines is 2. The van der Waals surface area contributed by atoms with Gasteiger partial charge in [-0.05, 0) is 31.0 Å². The van der Waals surface area contributed by atoms with E-state index in [4.69, 9.17) is 42.7 Å². The van der Waals surface area contributed by atoms with E-state index >= 15 is 0 Å². The normalized spacial score (nSPS) is 14.8. The van der Waals surface area contributed by atoms with E-state index in [1.807, 2.05) is 12.1 Å². The van der Waals surface area contributed by atoms with E-state index in [0.29, 0.717) is 50.4 Å². The molecule has 34 heavy (non-hydrogen) atoms. The second-order valence-electron chi connectivity index (χ2n) is 8.14. The van der Waals surface area contributed by atoms with Gasteiger partial charge in [0.2, 0.25) is 0 Å². The van der Waals surface area contributed by atoms with E-state index in [-0.39, 0.29) is 0 Å². The van der Waals surface area contributed by atoms with Gasteiger partial charge in [-0.3, -0.25) is 9.80 Å².